The monoisotopic (exact) mass is 407 g/mol. The number of rotatable bonds is 8. The van der Waals surface area contributed by atoms with Crippen LogP contribution < -0.4 is 10.1 Å². The second-order valence-electron chi connectivity index (χ2n) is 7.37. The fraction of sp³-hybridized carbons (Fsp3) is 0.107. The molecule has 31 heavy (non-hydrogen) atoms. The van der Waals surface area contributed by atoms with Crippen molar-refractivity contribution in [3.8, 4) is 16.9 Å². The molecule has 0 aliphatic heterocycles. The summed E-state index contributed by atoms with van der Waals surface area (Å²) < 4.78 is 5.78. The topological polar surface area (TPSA) is 38.3 Å². The molecule has 1 amide bonds. The average molecular weight is 408 g/mol. The van der Waals surface area contributed by atoms with Gasteiger partial charge in [-0.15, -0.1) is 0 Å². The lowest BCUT2D eigenvalue weighted by molar-refractivity contribution is 0.0954. The molecule has 0 heterocycles. The molecule has 0 aliphatic rings. The Morgan fingerprint density at radius 1 is 0.645 bits per heavy atom. The summed E-state index contributed by atoms with van der Waals surface area (Å²) in [5, 5.41) is 2.99. The van der Waals surface area contributed by atoms with Crippen LogP contribution in [0.3, 0.4) is 0 Å². The minimum Gasteiger partial charge on any atom is -0.489 e. The molecule has 0 radical (unpaired) electrons. The molecule has 0 atom stereocenters. The van der Waals surface area contributed by atoms with Gasteiger partial charge < -0.3 is 10.1 Å². The molecular formula is C28H25NO2. The highest BCUT2D eigenvalue weighted by molar-refractivity contribution is 5.94. The van der Waals surface area contributed by atoms with E-state index in [-0.39, 0.29) is 5.91 Å². The highest BCUT2D eigenvalue weighted by Gasteiger charge is 2.06. The molecule has 0 aromatic heterocycles. The molecule has 4 rings (SSSR count). The number of hydrogen-bond donors (Lipinski definition) is 1. The fourth-order valence-electron chi connectivity index (χ4n) is 3.36. The van der Waals surface area contributed by atoms with Gasteiger partial charge in [-0.3, -0.25) is 4.79 Å². The van der Waals surface area contributed by atoms with Gasteiger partial charge in [-0.2, -0.15) is 0 Å². The molecule has 0 spiro atoms. The van der Waals surface area contributed by atoms with Crippen molar-refractivity contribution in [1.29, 1.82) is 0 Å². The summed E-state index contributed by atoms with van der Waals surface area (Å²) in [6, 6.07) is 36.1. The Morgan fingerprint density at radius 2 is 1.26 bits per heavy atom. The Balaban J connectivity index is 1.24. The third kappa shape index (κ3) is 5.83. The van der Waals surface area contributed by atoms with Crippen LogP contribution in [0.15, 0.2) is 109 Å². The highest BCUT2D eigenvalue weighted by atomic mass is 16.5. The fourth-order valence-corrected chi connectivity index (χ4v) is 3.36. The van der Waals surface area contributed by atoms with Crippen molar-refractivity contribution >= 4 is 5.91 Å². The summed E-state index contributed by atoms with van der Waals surface area (Å²) in [5.74, 6) is 0.675. The molecule has 3 heteroatoms. The Kier molecular flexibility index (Phi) is 6.76. The standard InChI is InChI=1S/C28H25NO2/c30-28(26-15-17-27(18-16-26)31-21-23-7-3-1-4-8-23)29-20-19-22-11-13-25(14-12-22)24-9-5-2-6-10-24/h1-18H,19-21H2,(H,29,30). The number of nitrogens with one attached hydrogen (secondary N) is 1. The predicted molar refractivity (Wildman–Crippen MR) is 125 cm³/mol. The molecule has 1 N–H and O–H groups in total. The zero-order valence-corrected chi connectivity index (χ0v) is 17.3. The van der Waals surface area contributed by atoms with Crippen LogP contribution in [0.2, 0.25) is 0 Å². The van der Waals surface area contributed by atoms with Crippen molar-refractivity contribution in [2.75, 3.05) is 6.54 Å². The summed E-state index contributed by atoms with van der Waals surface area (Å²) in [6.45, 7) is 1.10. The van der Waals surface area contributed by atoms with Crippen molar-refractivity contribution in [2.24, 2.45) is 0 Å². The molecule has 4 aromatic carbocycles. The van der Waals surface area contributed by atoms with Gasteiger partial charge in [0.2, 0.25) is 0 Å². The van der Waals surface area contributed by atoms with Crippen LogP contribution in [0.5, 0.6) is 5.75 Å². The minimum atomic E-state index is -0.0736. The zero-order valence-electron chi connectivity index (χ0n) is 17.3. The first-order valence-corrected chi connectivity index (χ1v) is 10.5. The maximum absolute atomic E-state index is 12.4. The molecule has 0 bridgehead atoms. The van der Waals surface area contributed by atoms with E-state index in [1.54, 1.807) is 12.1 Å². The molecule has 0 fully saturated rings. The Morgan fingerprint density at radius 3 is 1.94 bits per heavy atom. The molecular weight excluding hydrogens is 382 g/mol. The van der Waals surface area contributed by atoms with Gasteiger partial charge in [0.15, 0.2) is 0 Å². The van der Waals surface area contributed by atoms with E-state index in [9.17, 15) is 4.79 Å². The average Bonchev–Trinajstić information content (AvgIpc) is 2.85. The lowest BCUT2D eigenvalue weighted by Gasteiger charge is -2.09. The second-order valence-corrected chi connectivity index (χ2v) is 7.37. The molecule has 0 aliphatic carbocycles. The Bertz CT molecular complexity index is 1090. The van der Waals surface area contributed by atoms with Crippen molar-refractivity contribution in [1.82, 2.24) is 5.32 Å². The first kappa shape index (κ1) is 20.4. The van der Waals surface area contributed by atoms with Crippen LogP contribution in [0.1, 0.15) is 21.5 Å². The van der Waals surface area contributed by atoms with E-state index in [2.05, 4.69) is 41.7 Å². The van der Waals surface area contributed by atoms with Crippen LogP contribution in [-0.2, 0) is 13.0 Å². The third-order valence-electron chi connectivity index (χ3n) is 5.13. The maximum Gasteiger partial charge on any atom is 0.251 e. The van der Waals surface area contributed by atoms with Crippen molar-refractivity contribution in [3.05, 3.63) is 126 Å². The van der Waals surface area contributed by atoms with E-state index in [1.807, 2.05) is 60.7 Å². The lowest BCUT2D eigenvalue weighted by atomic mass is 10.0. The largest absolute Gasteiger partial charge is 0.489 e. The van der Waals surface area contributed by atoms with E-state index in [1.165, 1.54) is 16.7 Å². The molecule has 0 saturated heterocycles. The van der Waals surface area contributed by atoms with Gasteiger partial charge in [-0.05, 0) is 52.9 Å². The summed E-state index contributed by atoms with van der Waals surface area (Å²) in [5.41, 5.74) is 5.35. The van der Waals surface area contributed by atoms with Gasteiger partial charge in [-0.1, -0.05) is 84.9 Å². The zero-order chi connectivity index (χ0) is 21.3. The summed E-state index contributed by atoms with van der Waals surface area (Å²) in [7, 11) is 0. The second kappa shape index (κ2) is 10.3. The Labute approximate surface area is 183 Å². The third-order valence-corrected chi connectivity index (χ3v) is 5.13. The number of carbonyl (C=O) groups excluding carboxylic acids is 1. The Hall–Kier alpha value is -3.85. The number of amides is 1. The van der Waals surface area contributed by atoms with Crippen molar-refractivity contribution < 1.29 is 9.53 Å². The van der Waals surface area contributed by atoms with Crippen LogP contribution in [0, 0.1) is 0 Å². The van der Waals surface area contributed by atoms with Gasteiger partial charge in [-0.25, -0.2) is 0 Å². The van der Waals surface area contributed by atoms with Gasteiger partial charge in [0, 0.05) is 12.1 Å². The first-order chi connectivity index (χ1) is 15.3. The van der Waals surface area contributed by atoms with Gasteiger partial charge in [0.1, 0.15) is 12.4 Å². The van der Waals surface area contributed by atoms with Gasteiger partial charge >= 0.3 is 0 Å². The molecule has 154 valence electrons. The van der Waals surface area contributed by atoms with E-state index < -0.39 is 0 Å². The molecule has 4 aromatic rings. The summed E-state index contributed by atoms with van der Waals surface area (Å²) >= 11 is 0. The first-order valence-electron chi connectivity index (χ1n) is 10.5. The van der Waals surface area contributed by atoms with Crippen molar-refractivity contribution in [2.45, 2.75) is 13.0 Å². The quantitative estimate of drug-likeness (QED) is 0.395. The van der Waals surface area contributed by atoms with Crippen LogP contribution >= 0.6 is 0 Å². The SMILES string of the molecule is O=C(NCCc1ccc(-c2ccccc2)cc1)c1ccc(OCc2ccccc2)cc1. The summed E-state index contributed by atoms with van der Waals surface area (Å²) in [6.07, 6.45) is 0.791. The highest BCUT2D eigenvalue weighted by Crippen LogP contribution is 2.19. The smallest absolute Gasteiger partial charge is 0.251 e. The number of carbonyl (C=O) groups is 1. The van der Waals surface area contributed by atoms with E-state index in [4.69, 9.17) is 4.74 Å². The maximum atomic E-state index is 12.4. The van der Waals surface area contributed by atoms with Crippen LogP contribution in [0.25, 0.3) is 11.1 Å². The molecule has 3 nitrogen and oxygen atoms in total. The molecule has 0 saturated carbocycles. The van der Waals surface area contributed by atoms with Crippen molar-refractivity contribution in [3.63, 3.8) is 0 Å². The van der Waals surface area contributed by atoms with Gasteiger partial charge in [0.05, 0.1) is 0 Å². The number of ether oxygens (including phenoxy) is 1. The minimum absolute atomic E-state index is 0.0736. The van der Waals surface area contributed by atoms with Gasteiger partial charge in [0.25, 0.3) is 5.91 Å². The lowest BCUT2D eigenvalue weighted by Crippen LogP contribution is -2.25. The van der Waals surface area contributed by atoms with Crippen LogP contribution in [-0.4, -0.2) is 12.5 Å². The van der Waals surface area contributed by atoms with E-state index in [0.29, 0.717) is 18.7 Å². The van der Waals surface area contributed by atoms with E-state index in [0.717, 1.165) is 17.7 Å². The number of benzene rings is 4. The van der Waals surface area contributed by atoms with Crippen LogP contribution in [0.4, 0.5) is 0 Å². The molecule has 0 unspecified atom stereocenters. The number of hydrogen-bond acceptors (Lipinski definition) is 2. The van der Waals surface area contributed by atoms with E-state index >= 15 is 0 Å². The normalized spacial score (nSPS) is 10.5. The predicted octanol–water partition coefficient (Wildman–Crippen LogP) is 5.91. The summed E-state index contributed by atoms with van der Waals surface area (Å²) in [4.78, 5) is 12.4.